The van der Waals surface area contributed by atoms with Crippen LogP contribution in [0.1, 0.15) is 19.3 Å². The molecule has 15 heavy (non-hydrogen) atoms. The van der Waals surface area contributed by atoms with Gasteiger partial charge in [-0.1, -0.05) is 24.3 Å². The van der Waals surface area contributed by atoms with E-state index in [0.717, 1.165) is 19.3 Å². The molecule has 84 valence electrons. The van der Waals surface area contributed by atoms with Gasteiger partial charge in [0.25, 0.3) is 0 Å². The molecule has 0 saturated carbocycles. The lowest BCUT2D eigenvalue weighted by Gasteiger charge is -2.10. The highest BCUT2D eigenvalue weighted by atomic mass is 16.5. The molecule has 0 N–H and O–H groups in total. The minimum absolute atomic E-state index is 0.223. The Bertz CT molecular complexity index is 199. The predicted octanol–water partition coefficient (Wildman–Crippen LogP) is 2.87. The fourth-order valence-electron chi connectivity index (χ4n) is 1.62. The zero-order chi connectivity index (χ0) is 10.9. The van der Waals surface area contributed by atoms with Crippen LogP contribution in [-0.4, -0.2) is 25.4 Å². The minimum Gasteiger partial charge on any atom is -0.370 e. The Kier molecular flexibility index (Phi) is 6.05. The van der Waals surface area contributed by atoms with Crippen molar-refractivity contribution in [3.05, 3.63) is 37.5 Å². The molecule has 0 fully saturated rings. The van der Waals surface area contributed by atoms with E-state index >= 15 is 0 Å². The smallest absolute Gasteiger partial charge is 0.0761 e. The number of hydrogen-bond donors (Lipinski definition) is 0. The molecule has 1 rings (SSSR count). The number of rotatable bonds is 6. The van der Waals surface area contributed by atoms with Gasteiger partial charge in [-0.3, -0.25) is 0 Å². The molecule has 0 aromatic heterocycles. The van der Waals surface area contributed by atoms with Crippen LogP contribution < -0.4 is 0 Å². The molecule has 0 aromatic carbocycles. The van der Waals surface area contributed by atoms with Crippen LogP contribution in [-0.2, 0) is 9.47 Å². The zero-order valence-electron chi connectivity index (χ0n) is 9.23. The molecule has 0 aromatic rings. The van der Waals surface area contributed by atoms with Crippen LogP contribution in [0, 0.1) is 0 Å². The van der Waals surface area contributed by atoms with Crippen LogP contribution >= 0.6 is 0 Å². The summed E-state index contributed by atoms with van der Waals surface area (Å²) in [5, 5.41) is 0. The third-order valence-corrected chi connectivity index (χ3v) is 2.37. The van der Waals surface area contributed by atoms with Crippen molar-refractivity contribution in [1.29, 1.82) is 0 Å². The van der Waals surface area contributed by atoms with E-state index in [2.05, 4.69) is 25.3 Å². The van der Waals surface area contributed by atoms with Gasteiger partial charge in [0.1, 0.15) is 0 Å². The number of ether oxygens (including phenoxy) is 2. The third kappa shape index (κ3) is 4.96. The van der Waals surface area contributed by atoms with Crippen molar-refractivity contribution in [3.63, 3.8) is 0 Å². The van der Waals surface area contributed by atoms with Crippen LogP contribution in [0.2, 0.25) is 0 Å². The van der Waals surface area contributed by atoms with Gasteiger partial charge in [0, 0.05) is 0 Å². The van der Waals surface area contributed by atoms with Gasteiger partial charge in [-0.15, -0.1) is 13.2 Å². The average molecular weight is 208 g/mol. The second-order valence-corrected chi connectivity index (χ2v) is 3.64. The lowest BCUT2D eigenvalue weighted by atomic mass is 10.2. The summed E-state index contributed by atoms with van der Waals surface area (Å²) in [6.45, 7) is 8.51. The maximum absolute atomic E-state index is 5.58. The van der Waals surface area contributed by atoms with Crippen molar-refractivity contribution in [3.8, 4) is 0 Å². The van der Waals surface area contributed by atoms with Crippen molar-refractivity contribution in [2.45, 2.75) is 31.5 Å². The summed E-state index contributed by atoms with van der Waals surface area (Å²) >= 11 is 0. The highest BCUT2D eigenvalue weighted by Crippen LogP contribution is 2.16. The monoisotopic (exact) mass is 208 g/mol. The van der Waals surface area contributed by atoms with Crippen LogP contribution in [0.3, 0.4) is 0 Å². The fourth-order valence-corrected chi connectivity index (χ4v) is 1.62. The van der Waals surface area contributed by atoms with Crippen molar-refractivity contribution in [2.75, 3.05) is 13.2 Å². The standard InChI is InChI=1S/C13H20O2/c1-3-10-14-12-6-5-7-13(9-8-12)15-11-4-2/h3-4,8-9,12-13H,1-2,5-7,10-11H2/t12-,13+. The van der Waals surface area contributed by atoms with E-state index in [1.807, 2.05) is 0 Å². The van der Waals surface area contributed by atoms with Crippen molar-refractivity contribution < 1.29 is 9.47 Å². The first-order valence-electron chi connectivity index (χ1n) is 5.50. The Labute approximate surface area is 92.3 Å². The Morgan fingerprint density at radius 3 is 1.87 bits per heavy atom. The second kappa shape index (κ2) is 7.43. The molecular formula is C13H20O2. The molecule has 2 atom stereocenters. The molecule has 2 nitrogen and oxygen atoms in total. The molecule has 0 saturated heterocycles. The maximum Gasteiger partial charge on any atom is 0.0761 e. The van der Waals surface area contributed by atoms with E-state index in [1.165, 1.54) is 0 Å². The Balaban J connectivity index is 2.33. The summed E-state index contributed by atoms with van der Waals surface area (Å²) in [5.74, 6) is 0. The first-order valence-corrected chi connectivity index (χ1v) is 5.50. The molecule has 0 heterocycles. The lowest BCUT2D eigenvalue weighted by molar-refractivity contribution is 0.0939. The lowest BCUT2D eigenvalue weighted by Crippen LogP contribution is -2.08. The Morgan fingerprint density at radius 1 is 1.00 bits per heavy atom. The van der Waals surface area contributed by atoms with Crippen LogP contribution in [0.15, 0.2) is 37.5 Å². The highest BCUT2D eigenvalue weighted by Gasteiger charge is 2.13. The summed E-state index contributed by atoms with van der Waals surface area (Å²) in [7, 11) is 0. The molecule has 1 aliphatic rings. The zero-order valence-corrected chi connectivity index (χ0v) is 9.23. The molecule has 2 heteroatoms. The van der Waals surface area contributed by atoms with Gasteiger partial charge < -0.3 is 9.47 Å². The maximum atomic E-state index is 5.58. The fraction of sp³-hybridized carbons (Fsp3) is 0.538. The van der Waals surface area contributed by atoms with Crippen molar-refractivity contribution in [1.82, 2.24) is 0 Å². The quantitative estimate of drug-likeness (QED) is 0.625. The Morgan fingerprint density at radius 2 is 1.47 bits per heavy atom. The molecule has 0 bridgehead atoms. The normalized spacial score (nSPS) is 25.9. The summed E-state index contributed by atoms with van der Waals surface area (Å²) in [6.07, 6.45) is 11.5. The van der Waals surface area contributed by atoms with Crippen LogP contribution in [0.4, 0.5) is 0 Å². The third-order valence-electron chi connectivity index (χ3n) is 2.37. The summed E-state index contributed by atoms with van der Waals surface area (Å²) in [4.78, 5) is 0. The van der Waals surface area contributed by atoms with Gasteiger partial charge in [-0.2, -0.15) is 0 Å². The largest absolute Gasteiger partial charge is 0.370 e. The van der Waals surface area contributed by atoms with Crippen molar-refractivity contribution in [2.24, 2.45) is 0 Å². The highest BCUT2D eigenvalue weighted by molar-refractivity contribution is 4.98. The van der Waals surface area contributed by atoms with E-state index in [9.17, 15) is 0 Å². The molecular weight excluding hydrogens is 188 g/mol. The van der Waals surface area contributed by atoms with E-state index in [-0.39, 0.29) is 12.2 Å². The minimum atomic E-state index is 0.223. The van der Waals surface area contributed by atoms with Gasteiger partial charge in [-0.05, 0) is 19.3 Å². The van der Waals surface area contributed by atoms with E-state index < -0.39 is 0 Å². The van der Waals surface area contributed by atoms with Crippen LogP contribution in [0.5, 0.6) is 0 Å². The van der Waals surface area contributed by atoms with Gasteiger partial charge in [-0.25, -0.2) is 0 Å². The molecule has 0 spiro atoms. The first kappa shape index (κ1) is 12.2. The van der Waals surface area contributed by atoms with Gasteiger partial charge in [0.2, 0.25) is 0 Å². The SMILES string of the molecule is C=CCO[C@@H]1C=C[C@H](OCC=C)CCC1. The topological polar surface area (TPSA) is 18.5 Å². The van der Waals surface area contributed by atoms with Gasteiger partial charge in [0.15, 0.2) is 0 Å². The second-order valence-electron chi connectivity index (χ2n) is 3.64. The van der Waals surface area contributed by atoms with Gasteiger partial charge in [0.05, 0.1) is 25.4 Å². The van der Waals surface area contributed by atoms with Gasteiger partial charge >= 0.3 is 0 Å². The van der Waals surface area contributed by atoms with E-state index in [1.54, 1.807) is 12.2 Å². The summed E-state index contributed by atoms with van der Waals surface area (Å²) in [5.41, 5.74) is 0. The molecule has 0 radical (unpaired) electrons. The van der Waals surface area contributed by atoms with E-state index in [4.69, 9.17) is 9.47 Å². The molecule has 0 amide bonds. The van der Waals surface area contributed by atoms with Crippen molar-refractivity contribution >= 4 is 0 Å². The van der Waals surface area contributed by atoms with E-state index in [0.29, 0.717) is 13.2 Å². The predicted molar refractivity (Wildman–Crippen MR) is 62.9 cm³/mol. The number of hydrogen-bond acceptors (Lipinski definition) is 2. The summed E-state index contributed by atoms with van der Waals surface area (Å²) in [6, 6.07) is 0. The first-order chi connectivity index (χ1) is 7.36. The Hall–Kier alpha value is -0.860. The van der Waals surface area contributed by atoms with Crippen LogP contribution in [0.25, 0.3) is 0 Å². The molecule has 0 aliphatic heterocycles. The molecule has 0 unspecified atom stereocenters. The molecule has 1 aliphatic carbocycles. The average Bonchev–Trinajstić information content (AvgIpc) is 2.49. The summed E-state index contributed by atoms with van der Waals surface area (Å²) < 4.78 is 11.2.